The molecule has 1 saturated carbocycles. The summed E-state index contributed by atoms with van der Waals surface area (Å²) >= 11 is 0. The second kappa shape index (κ2) is 6.53. The maximum absolute atomic E-state index is 5.30. The molecule has 1 aliphatic carbocycles. The molecular weight excluding hydrogens is 250 g/mol. The first kappa shape index (κ1) is 15.2. The van der Waals surface area contributed by atoms with E-state index in [-0.39, 0.29) is 0 Å². The molecule has 0 radical (unpaired) electrons. The van der Waals surface area contributed by atoms with Crippen LogP contribution in [-0.4, -0.2) is 16.7 Å². The second-order valence-electron chi connectivity index (χ2n) is 6.88. The van der Waals surface area contributed by atoms with Crippen LogP contribution in [0.3, 0.4) is 0 Å². The van der Waals surface area contributed by atoms with Crippen molar-refractivity contribution in [2.24, 2.45) is 11.3 Å². The lowest BCUT2D eigenvalue weighted by atomic mass is 9.70. The zero-order valence-electron chi connectivity index (χ0n) is 13.0. The summed E-state index contributed by atoms with van der Waals surface area (Å²) in [5.41, 5.74) is 0.419. The summed E-state index contributed by atoms with van der Waals surface area (Å²) in [6.45, 7) is 12.1. The molecule has 0 spiro atoms. The molecule has 1 aliphatic rings. The topological polar surface area (TPSA) is 51.0 Å². The van der Waals surface area contributed by atoms with Crippen molar-refractivity contribution in [1.82, 2.24) is 15.5 Å². The van der Waals surface area contributed by atoms with Gasteiger partial charge in [-0.25, -0.2) is 0 Å². The average Bonchev–Trinajstić information content (AvgIpc) is 2.87. The van der Waals surface area contributed by atoms with E-state index in [1.165, 1.54) is 25.7 Å². The van der Waals surface area contributed by atoms with E-state index in [9.17, 15) is 0 Å². The minimum atomic E-state index is 0.419. The second-order valence-corrected chi connectivity index (χ2v) is 6.88. The molecule has 0 unspecified atom stereocenters. The molecule has 0 aromatic carbocycles. The van der Waals surface area contributed by atoms with E-state index in [0.29, 0.717) is 23.8 Å². The summed E-state index contributed by atoms with van der Waals surface area (Å²) in [5, 5.41) is 7.33. The fourth-order valence-corrected chi connectivity index (χ4v) is 3.00. The minimum Gasteiger partial charge on any atom is -0.338 e. The number of aromatic nitrogens is 2. The Kier molecular flexibility index (Phi) is 4.97. The molecule has 0 bridgehead atoms. The first-order chi connectivity index (χ1) is 9.50. The van der Waals surface area contributed by atoms with Crippen LogP contribution >= 0.6 is 0 Å². The standard InChI is InChI=1S/C16H27N3O/c1-5-10-17-11-14-18-15(19-20-14)12-6-8-13(9-7-12)16(2,3)4/h5,12-13,17H,1,6-11H2,2-4H3. The van der Waals surface area contributed by atoms with Crippen LogP contribution in [0.1, 0.15) is 64.1 Å². The van der Waals surface area contributed by atoms with Crippen molar-refractivity contribution in [3.05, 3.63) is 24.4 Å². The fraction of sp³-hybridized carbons (Fsp3) is 0.750. The molecular formula is C16H27N3O. The van der Waals surface area contributed by atoms with Crippen LogP contribution in [0.5, 0.6) is 0 Å². The Labute approximate surface area is 122 Å². The summed E-state index contributed by atoms with van der Waals surface area (Å²) in [5.74, 6) is 2.87. The van der Waals surface area contributed by atoms with Gasteiger partial charge in [0.2, 0.25) is 5.89 Å². The predicted molar refractivity (Wildman–Crippen MR) is 80.4 cm³/mol. The predicted octanol–water partition coefficient (Wildman–Crippen LogP) is 3.67. The third-order valence-electron chi connectivity index (χ3n) is 4.37. The van der Waals surface area contributed by atoms with Gasteiger partial charge >= 0.3 is 0 Å². The van der Waals surface area contributed by atoms with Crippen LogP contribution in [-0.2, 0) is 6.54 Å². The van der Waals surface area contributed by atoms with Gasteiger partial charge in [-0.15, -0.1) is 6.58 Å². The van der Waals surface area contributed by atoms with Crippen molar-refractivity contribution < 1.29 is 4.52 Å². The molecule has 1 heterocycles. The van der Waals surface area contributed by atoms with Gasteiger partial charge in [0.05, 0.1) is 6.54 Å². The van der Waals surface area contributed by atoms with Gasteiger partial charge in [0.25, 0.3) is 0 Å². The van der Waals surface area contributed by atoms with Crippen LogP contribution in [0.15, 0.2) is 17.2 Å². The van der Waals surface area contributed by atoms with Crippen molar-refractivity contribution in [1.29, 1.82) is 0 Å². The van der Waals surface area contributed by atoms with Crippen LogP contribution in [0, 0.1) is 11.3 Å². The van der Waals surface area contributed by atoms with Crippen molar-refractivity contribution in [3.63, 3.8) is 0 Å². The van der Waals surface area contributed by atoms with Gasteiger partial charge in [-0.1, -0.05) is 32.0 Å². The molecule has 112 valence electrons. The molecule has 0 amide bonds. The molecule has 1 aromatic rings. The Morgan fingerprint density at radius 1 is 1.30 bits per heavy atom. The molecule has 0 aliphatic heterocycles. The highest BCUT2D eigenvalue weighted by Crippen LogP contribution is 2.42. The van der Waals surface area contributed by atoms with Crippen molar-refractivity contribution in [2.75, 3.05) is 6.54 Å². The van der Waals surface area contributed by atoms with Crippen LogP contribution in [0.2, 0.25) is 0 Å². The highest BCUT2D eigenvalue weighted by molar-refractivity contribution is 4.98. The fourth-order valence-electron chi connectivity index (χ4n) is 3.00. The van der Waals surface area contributed by atoms with Crippen LogP contribution < -0.4 is 5.32 Å². The van der Waals surface area contributed by atoms with Gasteiger partial charge in [-0.2, -0.15) is 4.98 Å². The maximum Gasteiger partial charge on any atom is 0.240 e. The summed E-state index contributed by atoms with van der Waals surface area (Å²) < 4.78 is 5.30. The van der Waals surface area contributed by atoms with Gasteiger partial charge in [-0.3, -0.25) is 0 Å². The van der Waals surface area contributed by atoms with E-state index in [1.54, 1.807) is 0 Å². The number of rotatable bonds is 5. The molecule has 2 rings (SSSR count). The third-order valence-corrected chi connectivity index (χ3v) is 4.37. The smallest absolute Gasteiger partial charge is 0.240 e. The minimum absolute atomic E-state index is 0.419. The average molecular weight is 277 g/mol. The summed E-state index contributed by atoms with van der Waals surface area (Å²) in [6.07, 6.45) is 6.73. The van der Waals surface area contributed by atoms with Crippen molar-refractivity contribution >= 4 is 0 Å². The van der Waals surface area contributed by atoms with Gasteiger partial charge in [0.1, 0.15) is 0 Å². The SMILES string of the molecule is C=CCNCc1nc(C2CCC(C(C)(C)C)CC2)no1. The number of hydrogen-bond acceptors (Lipinski definition) is 4. The van der Waals surface area contributed by atoms with Gasteiger partial charge < -0.3 is 9.84 Å². The maximum atomic E-state index is 5.30. The quantitative estimate of drug-likeness (QED) is 0.659. The normalized spacial score (nSPS) is 23.8. The van der Waals surface area contributed by atoms with Crippen LogP contribution in [0.4, 0.5) is 0 Å². The van der Waals surface area contributed by atoms with E-state index < -0.39 is 0 Å². The Morgan fingerprint density at radius 3 is 2.60 bits per heavy atom. The van der Waals surface area contributed by atoms with E-state index >= 15 is 0 Å². The largest absolute Gasteiger partial charge is 0.338 e. The highest BCUT2D eigenvalue weighted by atomic mass is 16.5. The lowest BCUT2D eigenvalue weighted by molar-refractivity contribution is 0.166. The first-order valence-corrected chi connectivity index (χ1v) is 7.65. The molecule has 4 heteroatoms. The molecule has 1 N–H and O–H groups in total. The zero-order chi connectivity index (χ0) is 14.6. The van der Waals surface area contributed by atoms with Crippen molar-refractivity contribution in [2.45, 2.75) is 58.9 Å². The molecule has 4 nitrogen and oxygen atoms in total. The summed E-state index contributed by atoms with van der Waals surface area (Å²) in [6, 6.07) is 0. The van der Waals surface area contributed by atoms with Gasteiger partial charge in [-0.05, 0) is 37.0 Å². The Bertz CT molecular complexity index is 425. The monoisotopic (exact) mass is 277 g/mol. The van der Waals surface area contributed by atoms with Crippen LogP contribution in [0.25, 0.3) is 0 Å². The Balaban J connectivity index is 1.86. The lowest BCUT2D eigenvalue weighted by Crippen LogP contribution is -2.25. The van der Waals surface area contributed by atoms with Gasteiger partial charge in [0.15, 0.2) is 5.82 Å². The van der Waals surface area contributed by atoms with E-state index in [0.717, 1.165) is 18.3 Å². The molecule has 0 saturated heterocycles. The molecule has 1 aromatic heterocycles. The Morgan fingerprint density at radius 2 is 2.00 bits per heavy atom. The van der Waals surface area contributed by atoms with Gasteiger partial charge in [0, 0.05) is 12.5 Å². The Hall–Kier alpha value is -1.16. The number of nitrogens with one attached hydrogen (secondary N) is 1. The number of nitrogens with zero attached hydrogens (tertiary/aromatic N) is 2. The first-order valence-electron chi connectivity index (χ1n) is 7.65. The summed E-state index contributed by atoms with van der Waals surface area (Å²) in [4.78, 5) is 4.52. The number of hydrogen-bond donors (Lipinski definition) is 1. The van der Waals surface area contributed by atoms with Crippen molar-refractivity contribution in [3.8, 4) is 0 Å². The van der Waals surface area contributed by atoms with E-state index in [2.05, 4.69) is 42.8 Å². The lowest BCUT2D eigenvalue weighted by Gasteiger charge is -2.36. The van der Waals surface area contributed by atoms with E-state index in [1.807, 2.05) is 6.08 Å². The molecule has 0 atom stereocenters. The third kappa shape index (κ3) is 3.92. The zero-order valence-corrected chi connectivity index (χ0v) is 13.0. The molecule has 1 fully saturated rings. The highest BCUT2D eigenvalue weighted by Gasteiger charge is 2.31. The van der Waals surface area contributed by atoms with E-state index in [4.69, 9.17) is 4.52 Å². The molecule has 20 heavy (non-hydrogen) atoms. The summed E-state index contributed by atoms with van der Waals surface area (Å²) in [7, 11) is 0.